The summed E-state index contributed by atoms with van der Waals surface area (Å²) in [5.41, 5.74) is 0.218. The molecule has 0 bridgehead atoms. The number of aromatic hydroxyl groups is 1. The van der Waals surface area contributed by atoms with Gasteiger partial charge in [-0.15, -0.1) is 0 Å². The lowest BCUT2D eigenvalue weighted by Crippen LogP contribution is -2.01. The molecule has 0 saturated heterocycles. The predicted octanol–water partition coefficient (Wildman–Crippen LogP) is 1.50. The number of hydrogen-bond donors (Lipinski definition) is 2. The molecule has 3 nitrogen and oxygen atoms in total. The van der Waals surface area contributed by atoms with Gasteiger partial charge in [0, 0.05) is 11.6 Å². The van der Waals surface area contributed by atoms with E-state index in [1.54, 1.807) is 0 Å². The first kappa shape index (κ1) is 8.52. The Morgan fingerprint density at radius 2 is 2.17 bits per heavy atom. The third-order valence-electron chi connectivity index (χ3n) is 1.35. The molecule has 1 aromatic rings. The second-order valence-corrected chi connectivity index (χ2v) is 2.23. The summed E-state index contributed by atoms with van der Waals surface area (Å²) in [6.45, 7) is 0. The van der Waals surface area contributed by atoms with E-state index >= 15 is 0 Å². The van der Waals surface area contributed by atoms with Crippen LogP contribution >= 0.6 is 0 Å². The minimum atomic E-state index is -0.591. The van der Waals surface area contributed by atoms with Crippen LogP contribution in [0.5, 0.6) is 5.75 Å². The zero-order chi connectivity index (χ0) is 9.14. The fourth-order valence-corrected chi connectivity index (χ4v) is 0.823. The van der Waals surface area contributed by atoms with Gasteiger partial charge in [0.25, 0.3) is 0 Å². The zero-order valence-corrected chi connectivity index (χ0v) is 6.47. The van der Waals surface area contributed by atoms with Crippen molar-refractivity contribution in [1.82, 2.24) is 0 Å². The summed E-state index contributed by atoms with van der Waals surface area (Å²) < 4.78 is 17.2. The van der Waals surface area contributed by atoms with Crippen molar-refractivity contribution in [2.24, 2.45) is 0 Å². The van der Waals surface area contributed by atoms with Crippen molar-refractivity contribution in [2.75, 3.05) is 7.11 Å². The van der Waals surface area contributed by atoms with Crippen molar-refractivity contribution in [3.05, 3.63) is 29.6 Å². The smallest absolute Gasteiger partial charge is 0.213 e. The topological polar surface area (TPSA) is 53.3 Å². The first-order valence-electron chi connectivity index (χ1n) is 3.26. The lowest BCUT2D eigenvalue weighted by atomic mass is 10.2. The molecule has 0 aliphatic carbocycles. The molecule has 0 aliphatic heterocycles. The monoisotopic (exact) mass is 169 g/mol. The first-order chi connectivity index (χ1) is 5.63. The van der Waals surface area contributed by atoms with Gasteiger partial charge in [-0.3, -0.25) is 5.41 Å². The van der Waals surface area contributed by atoms with Crippen molar-refractivity contribution in [1.29, 1.82) is 5.41 Å². The molecular formula is C8H8FNO2. The maximum absolute atomic E-state index is 12.6. The highest BCUT2D eigenvalue weighted by Gasteiger charge is 2.04. The SMILES string of the molecule is COC(=N)c1cc(O)cc(F)c1. The molecule has 0 heterocycles. The molecule has 0 spiro atoms. The molecule has 4 heteroatoms. The average Bonchev–Trinajstić information content (AvgIpc) is 2.01. The van der Waals surface area contributed by atoms with Crippen LogP contribution in [-0.4, -0.2) is 18.1 Å². The summed E-state index contributed by atoms with van der Waals surface area (Å²) >= 11 is 0. The molecule has 64 valence electrons. The molecular weight excluding hydrogens is 161 g/mol. The number of phenols is 1. The molecule has 12 heavy (non-hydrogen) atoms. The molecule has 1 rings (SSSR count). The summed E-state index contributed by atoms with van der Waals surface area (Å²) in [5, 5.41) is 16.1. The van der Waals surface area contributed by atoms with E-state index in [4.69, 9.17) is 10.5 Å². The van der Waals surface area contributed by atoms with E-state index in [1.165, 1.54) is 13.2 Å². The molecule has 0 saturated carbocycles. The van der Waals surface area contributed by atoms with Crippen molar-refractivity contribution >= 4 is 5.90 Å². The summed E-state index contributed by atoms with van der Waals surface area (Å²) in [5.74, 6) is -0.983. The molecule has 0 radical (unpaired) electrons. The van der Waals surface area contributed by atoms with Gasteiger partial charge in [-0.2, -0.15) is 0 Å². The van der Waals surface area contributed by atoms with Crippen LogP contribution in [0, 0.1) is 11.2 Å². The van der Waals surface area contributed by atoms with E-state index in [1.807, 2.05) is 0 Å². The van der Waals surface area contributed by atoms with Crippen LogP contribution in [0.15, 0.2) is 18.2 Å². The summed E-state index contributed by atoms with van der Waals surface area (Å²) in [6.07, 6.45) is 0. The Morgan fingerprint density at radius 3 is 2.67 bits per heavy atom. The molecule has 0 unspecified atom stereocenters. The first-order valence-corrected chi connectivity index (χ1v) is 3.26. The predicted molar refractivity (Wildman–Crippen MR) is 41.9 cm³/mol. The molecule has 2 N–H and O–H groups in total. The maximum atomic E-state index is 12.6. The maximum Gasteiger partial charge on any atom is 0.213 e. The number of phenolic OH excluding ortho intramolecular Hbond substituents is 1. The third-order valence-corrected chi connectivity index (χ3v) is 1.35. The van der Waals surface area contributed by atoms with Crippen molar-refractivity contribution < 1.29 is 14.2 Å². The van der Waals surface area contributed by atoms with Gasteiger partial charge in [0.1, 0.15) is 11.6 Å². The van der Waals surface area contributed by atoms with Gasteiger partial charge in [0.2, 0.25) is 5.90 Å². The summed E-state index contributed by atoms with van der Waals surface area (Å²) in [6, 6.07) is 3.34. The largest absolute Gasteiger partial charge is 0.508 e. The number of methoxy groups -OCH3 is 1. The average molecular weight is 169 g/mol. The normalized spacial score (nSPS) is 9.50. The second-order valence-electron chi connectivity index (χ2n) is 2.23. The number of nitrogens with one attached hydrogen (secondary N) is 1. The van der Waals surface area contributed by atoms with Gasteiger partial charge in [0.15, 0.2) is 0 Å². The van der Waals surface area contributed by atoms with Gasteiger partial charge in [0.05, 0.1) is 7.11 Å². The molecule has 1 aromatic carbocycles. The highest BCUT2D eigenvalue weighted by Crippen LogP contribution is 2.14. The van der Waals surface area contributed by atoms with E-state index < -0.39 is 5.82 Å². The van der Waals surface area contributed by atoms with Crippen LogP contribution in [0.1, 0.15) is 5.56 Å². The van der Waals surface area contributed by atoms with E-state index in [9.17, 15) is 4.39 Å². The fourth-order valence-electron chi connectivity index (χ4n) is 0.823. The number of rotatable bonds is 1. The van der Waals surface area contributed by atoms with Gasteiger partial charge >= 0.3 is 0 Å². The lowest BCUT2D eigenvalue weighted by molar-refractivity contribution is 0.400. The van der Waals surface area contributed by atoms with Crippen LogP contribution < -0.4 is 0 Å². The number of ether oxygens (including phenoxy) is 1. The number of benzene rings is 1. The van der Waals surface area contributed by atoms with E-state index in [0.717, 1.165) is 12.1 Å². The van der Waals surface area contributed by atoms with E-state index in [2.05, 4.69) is 4.74 Å². The minimum absolute atomic E-state index is 0.176. The van der Waals surface area contributed by atoms with Crippen LogP contribution in [0.2, 0.25) is 0 Å². The Kier molecular flexibility index (Phi) is 2.28. The Morgan fingerprint density at radius 1 is 1.50 bits per heavy atom. The molecule has 0 aliphatic rings. The van der Waals surface area contributed by atoms with Crippen molar-refractivity contribution in [3.8, 4) is 5.75 Å². The number of halogens is 1. The van der Waals surface area contributed by atoms with Crippen molar-refractivity contribution in [3.63, 3.8) is 0 Å². The Balaban J connectivity index is 3.08. The van der Waals surface area contributed by atoms with Crippen LogP contribution in [0.25, 0.3) is 0 Å². The van der Waals surface area contributed by atoms with Gasteiger partial charge in [-0.25, -0.2) is 4.39 Å². The summed E-state index contributed by atoms with van der Waals surface area (Å²) in [4.78, 5) is 0. The van der Waals surface area contributed by atoms with Gasteiger partial charge in [-0.05, 0) is 12.1 Å². The Bertz CT molecular complexity index is 292. The minimum Gasteiger partial charge on any atom is -0.508 e. The van der Waals surface area contributed by atoms with Crippen LogP contribution in [-0.2, 0) is 4.74 Å². The van der Waals surface area contributed by atoms with Crippen LogP contribution in [0.3, 0.4) is 0 Å². The van der Waals surface area contributed by atoms with Crippen molar-refractivity contribution in [2.45, 2.75) is 0 Å². The fraction of sp³-hybridized carbons (Fsp3) is 0.125. The Hall–Kier alpha value is -1.58. The van der Waals surface area contributed by atoms with E-state index in [-0.39, 0.29) is 17.2 Å². The summed E-state index contributed by atoms with van der Waals surface area (Å²) in [7, 11) is 1.31. The van der Waals surface area contributed by atoms with Crippen LogP contribution in [0.4, 0.5) is 4.39 Å². The van der Waals surface area contributed by atoms with E-state index in [0.29, 0.717) is 0 Å². The highest BCUT2D eigenvalue weighted by atomic mass is 19.1. The lowest BCUT2D eigenvalue weighted by Gasteiger charge is -2.02. The number of hydrogen-bond acceptors (Lipinski definition) is 3. The second kappa shape index (κ2) is 3.21. The third kappa shape index (κ3) is 1.72. The van der Waals surface area contributed by atoms with Gasteiger partial charge < -0.3 is 9.84 Å². The molecule has 0 fully saturated rings. The molecule has 0 atom stereocenters. The highest BCUT2D eigenvalue weighted by molar-refractivity contribution is 5.91. The molecule has 0 aromatic heterocycles. The standard InChI is InChI=1S/C8H8FNO2/c1-12-8(10)5-2-6(9)4-7(11)3-5/h2-4,10-11H,1H3. The molecule has 0 amide bonds. The van der Waals surface area contributed by atoms with Gasteiger partial charge in [-0.1, -0.05) is 0 Å². The quantitative estimate of drug-likeness (QED) is 0.494. The zero-order valence-electron chi connectivity index (χ0n) is 6.47. The Labute approximate surface area is 68.9 Å².